The predicted octanol–water partition coefficient (Wildman–Crippen LogP) is 2.57. The van der Waals surface area contributed by atoms with Crippen LogP contribution < -0.4 is 5.32 Å². The third-order valence-electron chi connectivity index (χ3n) is 6.17. The third-order valence-corrected chi connectivity index (χ3v) is 8.04. The summed E-state index contributed by atoms with van der Waals surface area (Å²) in [5.41, 5.74) is 2.43. The summed E-state index contributed by atoms with van der Waals surface area (Å²) in [4.78, 5) is 15.5. The Balaban J connectivity index is 1.46. The molecule has 0 bridgehead atoms. The van der Waals surface area contributed by atoms with Crippen molar-refractivity contribution in [1.29, 1.82) is 0 Å². The summed E-state index contributed by atoms with van der Waals surface area (Å²) in [6, 6.07) is 16.8. The van der Waals surface area contributed by atoms with E-state index in [1.807, 2.05) is 17.0 Å². The van der Waals surface area contributed by atoms with E-state index in [1.54, 1.807) is 30.3 Å². The van der Waals surface area contributed by atoms with E-state index in [2.05, 4.69) is 24.4 Å². The van der Waals surface area contributed by atoms with Gasteiger partial charge in [-0.1, -0.05) is 42.5 Å². The van der Waals surface area contributed by atoms with E-state index < -0.39 is 10.0 Å². The number of nitrogens with one attached hydrogen (secondary N) is 1. The van der Waals surface area contributed by atoms with Crippen molar-refractivity contribution >= 4 is 15.9 Å². The second-order valence-corrected chi connectivity index (χ2v) is 10.1. The SMILES string of the molecule is Cc1ccccc1C1CN(C(=O)C2CCCN(S(=O)(=O)c3ccccc3)C2)CCN1. The maximum atomic E-state index is 13.3. The summed E-state index contributed by atoms with van der Waals surface area (Å²) in [6.07, 6.45) is 1.44. The van der Waals surface area contributed by atoms with Gasteiger partial charge in [0.05, 0.1) is 16.9 Å². The number of hydrogen-bond acceptors (Lipinski definition) is 4. The topological polar surface area (TPSA) is 69.7 Å². The number of aryl methyl sites for hydroxylation is 1. The molecule has 0 aromatic heterocycles. The largest absolute Gasteiger partial charge is 0.339 e. The molecule has 1 amide bonds. The molecule has 2 unspecified atom stereocenters. The van der Waals surface area contributed by atoms with E-state index in [4.69, 9.17) is 0 Å². The van der Waals surface area contributed by atoms with Crippen molar-refractivity contribution in [2.24, 2.45) is 5.92 Å². The Hall–Kier alpha value is -2.22. The van der Waals surface area contributed by atoms with Crippen molar-refractivity contribution in [2.45, 2.75) is 30.7 Å². The van der Waals surface area contributed by atoms with E-state index in [9.17, 15) is 13.2 Å². The summed E-state index contributed by atoms with van der Waals surface area (Å²) in [5.74, 6) is -0.212. The van der Waals surface area contributed by atoms with Gasteiger partial charge < -0.3 is 10.2 Å². The van der Waals surface area contributed by atoms with Crippen molar-refractivity contribution in [2.75, 3.05) is 32.7 Å². The molecule has 30 heavy (non-hydrogen) atoms. The number of benzene rings is 2. The van der Waals surface area contributed by atoms with Crippen molar-refractivity contribution < 1.29 is 13.2 Å². The number of sulfonamides is 1. The van der Waals surface area contributed by atoms with Crippen molar-refractivity contribution in [3.8, 4) is 0 Å². The van der Waals surface area contributed by atoms with Crippen molar-refractivity contribution in [3.63, 3.8) is 0 Å². The van der Waals surface area contributed by atoms with Gasteiger partial charge in [0.15, 0.2) is 0 Å². The Morgan fingerprint density at radius 2 is 1.73 bits per heavy atom. The fraction of sp³-hybridized carbons (Fsp3) is 0.435. The number of nitrogens with zero attached hydrogens (tertiary/aromatic N) is 2. The van der Waals surface area contributed by atoms with E-state index >= 15 is 0 Å². The molecule has 2 heterocycles. The van der Waals surface area contributed by atoms with Crippen LogP contribution in [0.3, 0.4) is 0 Å². The highest BCUT2D eigenvalue weighted by molar-refractivity contribution is 7.89. The van der Waals surface area contributed by atoms with Gasteiger partial charge in [-0.2, -0.15) is 4.31 Å². The van der Waals surface area contributed by atoms with Crippen LogP contribution in [0.15, 0.2) is 59.5 Å². The lowest BCUT2D eigenvalue weighted by molar-refractivity contribution is -0.138. The van der Waals surface area contributed by atoms with Crippen LogP contribution in [0.5, 0.6) is 0 Å². The van der Waals surface area contributed by atoms with Crippen LogP contribution in [0.1, 0.15) is 30.0 Å². The molecule has 2 fully saturated rings. The quantitative estimate of drug-likeness (QED) is 0.814. The van der Waals surface area contributed by atoms with Gasteiger partial charge in [-0.25, -0.2) is 8.42 Å². The molecule has 6 nitrogen and oxygen atoms in total. The summed E-state index contributed by atoms with van der Waals surface area (Å²) in [5, 5.41) is 3.52. The average molecular weight is 428 g/mol. The fourth-order valence-electron chi connectivity index (χ4n) is 4.50. The molecule has 0 saturated carbocycles. The molecule has 4 rings (SSSR count). The highest BCUT2D eigenvalue weighted by atomic mass is 32.2. The molecule has 1 N–H and O–H groups in total. The molecular weight excluding hydrogens is 398 g/mol. The van der Waals surface area contributed by atoms with E-state index in [0.717, 1.165) is 13.0 Å². The minimum absolute atomic E-state index is 0.0723. The maximum Gasteiger partial charge on any atom is 0.243 e. The molecule has 0 radical (unpaired) electrons. The summed E-state index contributed by atoms with van der Waals surface area (Å²) in [7, 11) is -3.57. The van der Waals surface area contributed by atoms with Crippen LogP contribution in [0.2, 0.25) is 0 Å². The van der Waals surface area contributed by atoms with Crippen LogP contribution in [0, 0.1) is 12.8 Å². The Morgan fingerprint density at radius 3 is 2.50 bits per heavy atom. The van der Waals surface area contributed by atoms with Crippen LogP contribution in [-0.4, -0.2) is 56.3 Å². The number of piperazine rings is 1. The van der Waals surface area contributed by atoms with Crippen LogP contribution in [0.25, 0.3) is 0 Å². The molecular formula is C23H29N3O3S. The molecule has 2 atom stereocenters. The first-order valence-corrected chi connectivity index (χ1v) is 12.0. The minimum atomic E-state index is -3.57. The van der Waals surface area contributed by atoms with Gasteiger partial charge >= 0.3 is 0 Å². The zero-order valence-corrected chi connectivity index (χ0v) is 18.1. The normalized spacial score (nSPS) is 23.3. The molecule has 7 heteroatoms. The summed E-state index contributed by atoms with van der Waals surface area (Å²) in [6.45, 7) is 4.83. The molecule has 2 aromatic rings. The number of hydrogen-bond donors (Lipinski definition) is 1. The van der Waals surface area contributed by atoms with Gasteiger partial charge in [0, 0.05) is 32.7 Å². The number of carbonyl (C=O) groups is 1. The van der Waals surface area contributed by atoms with Gasteiger partial charge in [-0.05, 0) is 43.0 Å². The average Bonchev–Trinajstić information content (AvgIpc) is 2.79. The van der Waals surface area contributed by atoms with E-state index in [1.165, 1.54) is 15.4 Å². The van der Waals surface area contributed by atoms with E-state index in [-0.39, 0.29) is 24.4 Å². The number of piperidine rings is 1. The maximum absolute atomic E-state index is 13.3. The zero-order chi connectivity index (χ0) is 21.1. The predicted molar refractivity (Wildman–Crippen MR) is 116 cm³/mol. The van der Waals surface area contributed by atoms with E-state index in [0.29, 0.717) is 31.0 Å². The second kappa shape index (κ2) is 8.88. The Kier molecular flexibility index (Phi) is 6.22. The first-order valence-electron chi connectivity index (χ1n) is 10.6. The molecule has 160 valence electrons. The van der Waals surface area contributed by atoms with Crippen LogP contribution in [0.4, 0.5) is 0 Å². The standard InChI is InChI=1S/C23H29N3O3S/c1-18-8-5-6-12-21(18)22-17-25(15-13-24-22)23(27)19-9-7-14-26(16-19)30(28,29)20-10-3-2-4-11-20/h2-6,8,10-12,19,22,24H,7,9,13-17H2,1H3. The third kappa shape index (κ3) is 4.29. The smallest absolute Gasteiger partial charge is 0.243 e. The Morgan fingerprint density at radius 1 is 1.00 bits per heavy atom. The first-order chi connectivity index (χ1) is 14.5. The number of carbonyl (C=O) groups excluding carboxylic acids is 1. The summed E-state index contributed by atoms with van der Waals surface area (Å²) >= 11 is 0. The highest BCUT2D eigenvalue weighted by Gasteiger charge is 2.36. The lowest BCUT2D eigenvalue weighted by Crippen LogP contribution is -2.53. The Labute approximate surface area is 178 Å². The van der Waals surface area contributed by atoms with Gasteiger partial charge in [-0.3, -0.25) is 4.79 Å². The summed E-state index contributed by atoms with van der Waals surface area (Å²) < 4.78 is 27.5. The van der Waals surface area contributed by atoms with Gasteiger partial charge in [0.25, 0.3) is 0 Å². The minimum Gasteiger partial charge on any atom is -0.339 e. The van der Waals surface area contributed by atoms with Gasteiger partial charge in [0.1, 0.15) is 0 Å². The van der Waals surface area contributed by atoms with Crippen molar-refractivity contribution in [3.05, 3.63) is 65.7 Å². The lowest BCUT2D eigenvalue weighted by atomic mass is 9.95. The van der Waals surface area contributed by atoms with Gasteiger partial charge in [0.2, 0.25) is 15.9 Å². The first kappa shape index (κ1) is 21.0. The molecule has 2 aromatic carbocycles. The highest BCUT2D eigenvalue weighted by Crippen LogP contribution is 2.27. The molecule has 2 saturated heterocycles. The number of amides is 1. The number of rotatable bonds is 4. The monoisotopic (exact) mass is 427 g/mol. The second-order valence-electron chi connectivity index (χ2n) is 8.16. The molecule has 2 aliphatic rings. The van der Waals surface area contributed by atoms with Crippen molar-refractivity contribution in [1.82, 2.24) is 14.5 Å². The zero-order valence-electron chi connectivity index (χ0n) is 17.3. The van der Waals surface area contributed by atoms with Crippen LogP contribution >= 0.6 is 0 Å². The molecule has 2 aliphatic heterocycles. The molecule has 0 aliphatic carbocycles. The fourth-order valence-corrected chi connectivity index (χ4v) is 6.04. The Bertz CT molecular complexity index is 994. The molecule has 0 spiro atoms. The van der Waals surface area contributed by atoms with Crippen LogP contribution in [-0.2, 0) is 14.8 Å². The lowest BCUT2D eigenvalue weighted by Gasteiger charge is -2.38. The van der Waals surface area contributed by atoms with Gasteiger partial charge in [-0.15, -0.1) is 0 Å².